The van der Waals surface area contributed by atoms with Crippen molar-refractivity contribution < 1.29 is 23.5 Å². The Bertz CT molecular complexity index is 861. The van der Waals surface area contributed by atoms with E-state index in [1.807, 2.05) is 13.8 Å². The van der Waals surface area contributed by atoms with Crippen LogP contribution in [0.1, 0.15) is 29.1 Å². The number of rotatable bonds is 7. The zero-order valence-corrected chi connectivity index (χ0v) is 16.7. The number of fused-ring (bicyclic) bond motifs is 1. The minimum atomic E-state index is -0.676. The van der Waals surface area contributed by atoms with Crippen LogP contribution in [0.25, 0.3) is 10.1 Å². The SMILES string of the molecule is CCN(CC)C(=O)CN(C)C(=O)COC(=O)c1sc2cccc(F)c2c1C. The maximum atomic E-state index is 13.9. The van der Waals surface area contributed by atoms with Gasteiger partial charge < -0.3 is 14.5 Å². The number of carbonyl (C=O) groups excluding carboxylic acids is 3. The molecule has 8 heteroatoms. The number of esters is 1. The zero-order valence-electron chi connectivity index (χ0n) is 15.9. The van der Waals surface area contributed by atoms with Gasteiger partial charge in [-0.05, 0) is 38.5 Å². The lowest BCUT2D eigenvalue weighted by molar-refractivity contribution is -0.140. The van der Waals surface area contributed by atoms with Crippen molar-refractivity contribution in [2.75, 3.05) is 33.3 Å². The van der Waals surface area contributed by atoms with Crippen LogP contribution in [0.2, 0.25) is 0 Å². The quantitative estimate of drug-likeness (QED) is 0.678. The Hall–Kier alpha value is -2.48. The summed E-state index contributed by atoms with van der Waals surface area (Å²) in [5.41, 5.74) is 0.496. The van der Waals surface area contributed by atoms with Gasteiger partial charge in [0.15, 0.2) is 6.61 Å². The minimum absolute atomic E-state index is 0.0782. The first-order chi connectivity index (χ1) is 12.8. The lowest BCUT2D eigenvalue weighted by Crippen LogP contribution is -2.42. The van der Waals surface area contributed by atoms with Gasteiger partial charge >= 0.3 is 5.97 Å². The van der Waals surface area contributed by atoms with Crippen molar-refractivity contribution in [1.29, 1.82) is 0 Å². The predicted octanol–water partition coefficient (Wildman–Crippen LogP) is 2.83. The number of hydrogen-bond donors (Lipinski definition) is 0. The van der Waals surface area contributed by atoms with E-state index >= 15 is 0 Å². The normalized spacial score (nSPS) is 10.7. The van der Waals surface area contributed by atoms with Gasteiger partial charge in [-0.1, -0.05) is 6.07 Å². The fraction of sp³-hybridized carbons (Fsp3) is 0.421. The number of carbonyl (C=O) groups is 3. The standard InChI is InChI=1S/C19H23FN2O4S/c1-5-22(6-2)15(23)10-21(4)16(24)11-26-19(25)18-12(3)17-13(20)8-7-9-14(17)27-18/h7-9H,5-6,10-11H2,1-4H3. The van der Waals surface area contributed by atoms with Crippen LogP contribution < -0.4 is 0 Å². The molecule has 0 spiro atoms. The maximum Gasteiger partial charge on any atom is 0.349 e. The van der Waals surface area contributed by atoms with Gasteiger partial charge in [0.1, 0.15) is 10.7 Å². The molecule has 2 rings (SSSR count). The molecule has 0 N–H and O–H groups in total. The van der Waals surface area contributed by atoms with Crippen LogP contribution in [0.15, 0.2) is 18.2 Å². The molecule has 0 aliphatic carbocycles. The molecule has 146 valence electrons. The number of hydrogen-bond acceptors (Lipinski definition) is 5. The van der Waals surface area contributed by atoms with Gasteiger partial charge in [-0.2, -0.15) is 0 Å². The lowest BCUT2D eigenvalue weighted by Gasteiger charge is -2.23. The Morgan fingerprint density at radius 3 is 2.41 bits per heavy atom. The van der Waals surface area contributed by atoms with E-state index in [4.69, 9.17) is 4.74 Å². The molecule has 0 aliphatic rings. The summed E-state index contributed by atoms with van der Waals surface area (Å²) >= 11 is 1.13. The van der Waals surface area contributed by atoms with Gasteiger partial charge in [0.05, 0.1) is 6.54 Å². The second kappa shape index (κ2) is 8.94. The van der Waals surface area contributed by atoms with Gasteiger partial charge in [-0.25, -0.2) is 9.18 Å². The maximum absolute atomic E-state index is 13.9. The number of ether oxygens (including phenoxy) is 1. The van der Waals surface area contributed by atoms with Crippen molar-refractivity contribution in [2.45, 2.75) is 20.8 Å². The molecule has 1 heterocycles. The molecule has 0 unspecified atom stereocenters. The average molecular weight is 394 g/mol. The predicted molar refractivity (Wildman–Crippen MR) is 102 cm³/mol. The molecule has 0 bridgehead atoms. The van der Waals surface area contributed by atoms with Crippen LogP contribution in [0, 0.1) is 12.7 Å². The van der Waals surface area contributed by atoms with Crippen molar-refractivity contribution in [1.82, 2.24) is 9.80 Å². The molecule has 0 atom stereocenters. The van der Waals surface area contributed by atoms with Crippen molar-refractivity contribution in [3.63, 3.8) is 0 Å². The zero-order chi connectivity index (χ0) is 20.1. The van der Waals surface area contributed by atoms with E-state index in [2.05, 4.69) is 0 Å². The van der Waals surface area contributed by atoms with E-state index in [-0.39, 0.29) is 17.3 Å². The third-order valence-corrected chi connectivity index (χ3v) is 5.57. The minimum Gasteiger partial charge on any atom is -0.451 e. The van der Waals surface area contributed by atoms with Gasteiger partial charge in [-0.3, -0.25) is 9.59 Å². The molecule has 1 aromatic carbocycles. The van der Waals surface area contributed by atoms with Gasteiger partial charge in [-0.15, -0.1) is 11.3 Å². The van der Waals surface area contributed by atoms with Crippen molar-refractivity contribution in [2.24, 2.45) is 0 Å². The van der Waals surface area contributed by atoms with Crippen LogP contribution in [0.5, 0.6) is 0 Å². The number of halogens is 1. The highest BCUT2D eigenvalue weighted by Gasteiger charge is 2.22. The summed E-state index contributed by atoms with van der Waals surface area (Å²) < 4.78 is 19.7. The number of benzene rings is 1. The Balaban J connectivity index is 1.99. The largest absolute Gasteiger partial charge is 0.451 e. The van der Waals surface area contributed by atoms with Crippen LogP contribution in [0.3, 0.4) is 0 Å². The molecule has 6 nitrogen and oxygen atoms in total. The first kappa shape index (κ1) is 20.8. The fourth-order valence-corrected chi connectivity index (χ4v) is 3.84. The summed E-state index contributed by atoms with van der Waals surface area (Å²) in [6.07, 6.45) is 0. The molecular formula is C19H23FN2O4S. The highest BCUT2D eigenvalue weighted by Crippen LogP contribution is 2.32. The highest BCUT2D eigenvalue weighted by atomic mass is 32.1. The number of thiophene rings is 1. The first-order valence-electron chi connectivity index (χ1n) is 8.66. The molecular weight excluding hydrogens is 371 g/mol. The van der Waals surface area contributed by atoms with E-state index < -0.39 is 24.3 Å². The van der Waals surface area contributed by atoms with Gasteiger partial charge in [0.25, 0.3) is 5.91 Å². The van der Waals surface area contributed by atoms with Crippen LogP contribution in [0.4, 0.5) is 4.39 Å². The monoisotopic (exact) mass is 394 g/mol. The number of nitrogens with zero attached hydrogens (tertiary/aromatic N) is 2. The molecule has 2 amide bonds. The molecule has 0 saturated heterocycles. The number of aryl methyl sites for hydroxylation is 1. The summed E-state index contributed by atoms with van der Waals surface area (Å²) in [5.74, 6) is -1.72. The third kappa shape index (κ3) is 4.63. The first-order valence-corrected chi connectivity index (χ1v) is 9.48. The second-order valence-electron chi connectivity index (χ2n) is 6.06. The third-order valence-electron chi connectivity index (χ3n) is 4.33. The van der Waals surface area contributed by atoms with Crippen molar-refractivity contribution in [3.05, 3.63) is 34.5 Å². The van der Waals surface area contributed by atoms with Crippen molar-refractivity contribution >= 4 is 39.2 Å². The molecule has 0 saturated carbocycles. The summed E-state index contributed by atoms with van der Waals surface area (Å²) in [6.45, 7) is 5.95. The smallest absolute Gasteiger partial charge is 0.349 e. The van der Waals surface area contributed by atoms with E-state index in [1.165, 1.54) is 18.0 Å². The summed E-state index contributed by atoms with van der Waals surface area (Å²) in [6, 6.07) is 4.64. The fourth-order valence-electron chi connectivity index (χ4n) is 2.72. The van der Waals surface area contributed by atoms with Crippen LogP contribution in [-0.4, -0.2) is 60.9 Å². The molecule has 0 fully saturated rings. The van der Waals surface area contributed by atoms with E-state index in [1.54, 1.807) is 24.0 Å². The van der Waals surface area contributed by atoms with E-state index in [9.17, 15) is 18.8 Å². The Morgan fingerprint density at radius 2 is 1.81 bits per heavy atom. The van der Waals surface area contributed by atoms with E-state index in [0.717, 1.165) is 11.3 Å². The topological polar surface area (TPSA) is 66.9 Å². The number of amides is 2. The highest BCUT2D eigenvalue weighted by molar-refractivity contribution is 7.21. The number of likely N-dealkylation sites (N-methyl/N-ethyl adjacent to an activating group) is 2. The lowest BCUT2D eigenvalue weighted by atomic mass is 10.1. The van der Waals surface area contributed by atoms with Crippen LogP contribution >= 0.6 is 11.3 Å². The Labute approximate surface area is 161 Å². The van der Waals surface area contributed by atoms with Crippen molar-refractivity contribution in [3.8, 4) is 0 Å². The van der Waals surface area contributed by atoms with E-state index in [0.29, 0.717) is 28.7 Å². The molecule has 1 aromatic heterocycles. The Morgan fingerprint density at radius 1 is 1.15 bits per heavy atom. The summed E-state index contributed by atoms with van der Waals surface area (Å²) in [4.78, 5) is 39.6. The Kier molecular flexibility index (Phi) is 6.90. The molecule has 2 aromatic rings. The summed E-state index contributed by atoms with van der Waals surface area (Å²) in [7, 11) is 1.48. The molecule has 0 radical (unpaired) electrons. The van der Waals surface area contributed by atoms with Crippen LogP contribution in [-0.2, 0) is 14.3 Å². The van der Waals surface area contributed by atoms with Gasteiger partial charge in [0, 0.05) is 30.2 Å². The molecule has 0 aliphatic heterocycles. The molecule has 27 heavy (non-hydrogen) atoms. The summed E-state index contributed by atoms with van der Waals surface area (Å²) in [5, 5.41) is 0.391. The second-order valence-corrected chi connectivity index (χ2v) is 7.11. The average Bonchev–Trinajstić information content (AvgIpc) is 2.98. The van der Waals surface area contributed by atoms with Gasteiger partial charge in [0.2, 0.25) is 5.91 Å².